The first-order valence-corrected chi connectivity index (χ1v) is 6.26. The molecule has 1 nitrogen and oxygen atoms in total. The topological polar surface area (TPSA) is 12.4 Å². The molecule has 0 amide bonds. The first kappa shape index (κ1) is 14.7. The van der Waals surface area contributed by atoms with Crippen LogP contribution in [0.2, 0.25) is 0 Å². The molecule has 0 aliphatic heterocycles. The Morgan fingerprint density at radius 2 is 1.53 bits per heavy atom. The normalized spacial score (nSPS) is 14.5. The Kier molecular flexibility index (Phi) is 5.55. The summed E-state index contributed by atoms with van der Waals surface area (Å²) in [6.07, 6.45) is 3.67. The van der Waals surface area contributed by atoms with Crippen molar-refractivity contribution in [2.24, 2.45) is 15.8 Å². The fraction of sp³-hybridized carbons (Fsp3) is 0.929. The van der Waals surface area contributed by atoms with Crippen molar-refractivity contribution in [3.05, 3.63) is 0 Å². The SMILES string of the molecule is CCCC(C)(C)C(C)(C)CC(C)=NCC. The van der Waals surface area contributed by atoms with Gasteiger partial charge in [-0.25, -0.2) is 0 Å². The lowest BCUT2D eigenvalue weighted by atomic mass is 9.63. The highest BCUT2D eigenvalue weighted by Crippen LogP contribution is 2.44. The first-order chi connectivity index (χ1) is 6.77. The van der Waals surface area contributed by atoms with Gasteiger partial charge in [-0.05, 0) is 37.5 Å². The van der Waals surface area contributed by atoms with Gasteiger partial charge < -0.3 is 0 Å². The van der Waals surface area contributed by atoms with E-state index in [2.05, 4.69) is 53.5 Å². The summed E-state index contributed by atoms with van der Waals surface area (Å²) in [5.41, 5.74) is 2.03. The maximum absolute atomic E-state index is 4.50. The van der Waals surface area contributed by atoms with Crippen molar-refractivity contribution < 1.29 is 0 Å². The third-order valence-electron chi connectivity index (χ3n) is 3.83. The summed E-state index contributed by atoms with van der Waals surface area (Å²) in [5, 5.41) is 0. The van der Waals surface area contributed by atoms with Crippen molar-refractivity contribution in [3.63, 3.8) is 0 Å². The van der Waals surface area contributed by atoms with Gasteiger partial charge in [-0.1, -0.05) is 41.0 Å². The number of rotatable bonds is 6. The van der Waals surface area contributed by atoms with Crippen LogP contribution in [0.15, 0.2) is 4.99 Å². The molecule has 0 N–H and O–H groups in total. The number of hydrogen-bond acceptors (Lipinski definition) is 1. The molecule has 0 unspecified atom stereocenters. The van der Waals surface area contributed by atoms with Crippen molar-refractivity contribution in [2.45, 2.75) is 67.7 Å². The molecule has 0 fully saturated rings. The second-order valence-corrected chi connectivity index (χ2v) is 5.90. The van der Waals surface area contributed by atoms with E-state index in [9.17, 15) is 0 Å². The number of aliphatic imine (C=N–C) groups is 1. The van der Waals surface area contributed by atoms with Crippen molar-refractivity contribution in [3.8, 4) is 0 Å². The molecule has 0 atom stereocenters. The number of nitrogens with zero attached hydrogens (tertiary/aromatic N) is 1. The lowest BCUT2D eigenvalue weighted by Crippen LogP contribution is -2.34. The molecule has 90 valence electrons. The summed E-state index contributed by atoms with van der Waals surface area (Å²) in [4.78, 5) is 4.50. The Labute approximate surface area is 96.4 Å². The quantitative estimate of drug-likeness (QED) is 0.564. The zero-order chi connectivity index (χ0) is 12.1. The van der Waals surface area contributed by atoms with Crippen LogP contribution < -0.4 is 0 Å². The van der Waals surface area contributed by atoms with Gasteiger partial charge in [0.05, 0.1) is 0 Å². The molecule has 0 aliphatic rings. The van der Waals surface area contributed by atoms with Crippen LogP contribution in [-0.2, 0) is 0 Å². The van der Waals surface area contributed by atoms with Crippen LogP contribution >= 0.6 is 0 Å². The Hall–Kier alpha value is -0.330. The molecule has 0 aromatic carbocycles. The van der Waals surface area contributed by atoms with Crippen LogP contribution in [0.25, 0.3) is 0 Å². The van der Waals surface area contributed by atoms with Gasteiger partial charge in [-0.3, -0.25) is 4.99 Å². The predicted octanol–water partition coefficient (Wildman–Crippen LogP) is 4.71. The summed E-state index contributed by atoms with van der Waals surface area (Å²) in [6, 6.07) is 0. The minimum absolute atomic E-state index is 0.339. The summed E-state index contributed by atoms with van der Waals surface area (Å²) in [6.45, 7) is 17.0. The standard InChI is InChI=1S/C14H29N/c1-8-10-13(4,5)14(6,7)11-12(3)15-9-2/h8-11H2,1-7H3. The summed E-state index contributed by atoms with van der Waals surface area (Å²) < 4.78 is 0. The third kappa shape index (κ3) is 4.36. The predicted molar refractivity (Wildman–Crippen MR) is 70.7 cm³/mol. The van der Waals surface area contributed by atoms with E-state index in [1.54, 1.807) is 0 Å². The molecule has 0 heterocycles. The minimum atomic E-state index is 0.339. The van der Waals surface area contributed by atoms with Crippen LogP contribution in [0, 0.1) is 10.8 Å². The van der Waals surface area contributed by atoms with Gasteiger partial charge in [0, 0.05) is 12.3 Å². The fourth-order valence-electron chi connectivity index (χ4n) is 2.17. The molecule has 0 saturated carbocycles. The van der Waals surface area contributed by atoms with E-state index in [-0.39, 0.29) is 0 Å². The average Bonchev–Trinajstić information content (AvgIpc) is 2.02. The Balaban J connectivity index is 4.59. The molecule has 0 bridgehead atoms. The van der Waals surface area contributed by atoms with Crippen LogP contribution in [-0.4, -0.2) is 12.3 Å². The van der Waals surface area contributed by atoms with Gasteiger partial charge in [0.15, 0.2) is 0 Å². The molecular weight excluding hydrogens is 182 g/mol. The highest BCUT2D eigenvalue weighted by Gasteiger charge is 2.36. The van der Waals surface area contributed by atoms with E-state index >= 15 is 0 Å². The fourth-order valence-corrected chi connectivity index (χ4v) is 2.17. The molecule has 15 heavy (non-hydrogen) atoms. The summed E-state index contributed by atoms with van der Waals surface area (Å²) in [5.74, 6) is 0. The largest absolute Gasteiger partial charge is 0.295 e. The van der Waals surface area contributed by atoms with E-state index in [1.807, 2.05) is 0 Å². The Morgan fingerprint density at radius 3 is 1.93 bits per heavy atom. The second kappa shape index (κ2) is 5.67. The van der Waals surface area contributed by atoms with Gasteiger partial charge in [0.2, 0.25) is 0 Å². The molecule has 0 radical (unpaired) electrons. The van der Waals surface area contributed by atoms with Gasteiger partial charge >= 0.3 is 0 Å². The minimum Gasteiger partial charge on any atom is -0.295 e. The second-order valence-electron chi connectivity index (χ2n) is 5.90. The van der Waals surface area contributed by atoms with Crippen LogP contribution in [0.1, 0.15) is 67.7 Å². The van der Waals surface area contributed by atoms with E-state index in [0.29, 0.717) is 10.8 Å². The van der Waals surface area contributed by atoms with E-state index in [0.717, 1.165) is 13.0 Å². The van der Waals surface area contributed by atoms with E-state index in [4.69, 9.17) is 0 Å². The Bertz CT molecular complexity index is 211. The zero-order valence-electron chi connectivity index (χ0n) is 11.8. The molecule has 0 spiro atoms. The van der Waals surface area contributed by atoms with Crippen molar-refractivity contribution >= 4 is 5.71 Å². The van der Waals surface area contributed by atoms with Gasteiger partial charge in [-0.2, -0.15) is 0 Å². The zero-order valence-corrected chi connectivity index (χ0v) is 11.8. The maximum atomic E-state index is 4.50. The van der Waals surface area contributed by atoms with Crippen molar-refractivity contribution in [1.29, 1.82) is 0 Å². The molecule has 1 heteroatoms. The lowest BCUT2D eigenvalue weighted by molar-refractivity contribution is 0.105. The molecule has 0 saturated heterocycles. The molecular formula is C14H29N. The monoisotopic (exact) mass is 211 g/mol. The smallest absolute Gasteiger partial charge is 0.0360 e. The molecule has 0 aromatic rings. The lowest BCUT2D eigenvalue weighted by Gasteiger charge is -2.42. The maximum Gasteiger partial charge on any atom is 0.0360 e. The van der Waals surface area contributed by atoms with Gasteiger partial charge in [0.25, 0.3) is 0 Å². The highest BCUT2D eigenvalue weighted by molar-refractivity contribution is 5.82. The van der Waals surface area contributed by atoms with E-state index < -0.39 is 0 Å². The highest BCUT2D eigenvalue weighted by atomic mass is 14.7. The first-order valence-electron chi connectivity index (χ1n) is 6.26. The molecule has 0 aliphatic carbocycles. The molecule has 0 aromatic heterocycles. The van der Waals surface area contributed by atoms with Crippen LogP contribution in [0.4, 0.5) is 0 Å². The van der Waals surface area contributed by atoms with Gasteiger partial charge in [0.1, 0.15) is 0 Å². The van der Waals surface area contributed by atoms with E-state index in [1.165, 1.54) is 18.6 Å². The number of hydrogen-bond donors (Lipinski definition) is 0. The van der Waals surface area contributed by atoms with Crippen molar-refractivity contribution in [2.75, 3.05) is 6.54 Å². The Morgan fingerprint density at radius 1 is 1.00 bits per heavy atom. The van der Waals surface area contributed by atoms with Gasteiger partial charge in [-0.15, -0.1) is 0 Å². The van der Waals surface area contributed by atoms with Crippen molar-refractivity contribution in [1.82, 2.24) is 0 Å². The average molecular weight is 211 g/mol. The van der Waals surface area contributed by atoms with Crippen LogP contribution in [0.3, 0.4) is 0 Å². The third-order valence-corrected chi connectivity index (χ3v) is 3.83. The van der Waals surface area contributed by atoms with Crippen LogP contribution in [0.5, 0.6) is 0 Å². The summed E-state index contributed by atoms with van der Waals surface area (Å²) in [7, 11) is 0. The molecule has 0 rings (SSSR count). The summed E-state index contributed by atoms with van der Waals surface area (Å²) >= 11 is 0.